The van der Waals surface area contributed by atoms with Crippen LogP contribution in [0.15, 0.2) is 30.3 Å². The van der Waals surface area contributed by atoms with Crippen molar-refractivity contribution in [2.75, 3.05) is 20.7 Å². The second kappa shape index (κ2) is 10.8. The summed E-state index contributed by atoms with van der Waals surface area (Å²) in [6.45, 7) is 6.29. The number of ether oxygens (including phenoxy) is 2. The molecular weight excluding hydrogens is 396 g/mol. The van der Waals surface area contributed by atoms with Crippen LogP contribution in [-0.4, -0.2) is 49.5 Å². The van der Waals surface area contributed by atoms with Crippen LogP contribution in [0.1, 0.15) is 45.6 Å². The summed E-state index contributed by atoms with van der Waals surface area (Å²) in [6.07, 6.45) is 2.02. The zero-order valence-electron chi connectivity index (χ0n) is 19.3. The van der Waals surface area contributed by atoms with E-state index in [1.54, 1.807) is 27.9 Å². The molecule has 172 valence electrons. The number of carbonyl (C=O) groups excluding carboxylic acids is 3. The number of benzene rings is 1. The van der Waals surface area contributed by atoms with Gasteiger partial charge in [0.05, 0.1) is 19.1 Å². The Morgan fingerprint density at radius 1 is 1.23 bits per heavy atom. The van der Waals surface area contributed by atoms with Crippen LogP contribution in [0.3, 0.4) is 0 Å². The number of unbranched alkanes of at least 4 members (excludes halogenated alkanes) is 1. The van der Waals surface area contributed by atoms with E-state index < -0.39 is 29.3 Å². The van der Waals surface area contributed by atoms with Crippen LogP contribution < -0.4 is 5.73 Å². The SMILES string of the molecule is CCCC[C@H]1C(C(C)(C)[C@@H](C(N)=O)C(=O)N(C)C)OC(=O)[C@@H]1COCc1ccccc1. The van der Waals surface area contributed by atoms with Gasteiger partial charge >= 0.3 is 5.97 Å². The van der Waals surface area contributed by atoms with Crippen molar-refractivity contribution in [2.24, 2.45) is 28.9 Å². The largest absolute Gasteiger partial charge is 0.461 e. The van der Waals surface area contributed by atoms with Crippen LogP contribution in [0.5, 0.6) is 0 Å². The van der Waals surface area contributed by atoms with Crippen LogP contribution in [0.4, 0.5) is 0 Å². The first-order valence-corrected chi connectivity index (χ1v) is 10.9. The predicted molar refractivity (Wildman–Crippen MR) is 118 cm³/mol. The Balaban J connectivity index is 2.23. The molecule has 7 heteroatoms. The van der Waals surface area contributed by atoms with Crippen molar-refractivity contribution >= 4 is 17.8 Å². The summed E-state index contributed by atoms with van der Waals surface area (Å²) in [5, 5.41) is 0. The van der Waals surface area contributed by atoms with E-state index in [-0.39, 0.29) is 24.4 Å². The number of rotatable bonds is 11. The lowest BCUT2D eigenvalue weighted by Gasteiger charge is -2.39. The Kier molecular flexibility index (Phi) is 8.62. The third-order valence-corrected chi connectivity index (χ3v) is 6.20. The summed E-state index contributed by atoms with van der Waals surface area (Å²) in [6, 6.07) is 9.76. The van der Waals surface area contributed by atoms with Gasteiger partial charge in [-0.3, -0.25) is 14.4 Å². The minimum atomic E-state index is -1.09. The van der Waals surface area contributed by atoms with Crippen molar-refractivity contribution in [3.05, 3.63) is 35.9 Å². The molecule has 0 aliphatic carbocycles. The smallest absolute Gasteiger partial charge is 0.312 e. The first kappa shape index (κ1) is 24.9. The zero-order chi connectivity index (χ0) is 23.2. The summed E-state index contributed by atoms with van der Waals surface area (Å²) >= 11 is 0. The van der Waals surface area contributed by atoms with Crippen molar-refractivity contribution in [1.29, 1.82) is 0 Å². The number of primary amides is 1. The molecule has 0 aromatic heterocycles. The highest BCUT2D eigenvalue weighted by Gasteiger charge is 2.56. The summed E-state index contributed by atoms with van der Waals surface area (Å²) in [5.74, 6) is -3.12. The maximum atomic E-state index is 12.8. The normalized spacial score (nSPS) is 22.1. The monoisotopic (exact) mass is 432 g/mol. The van der Waals surface area contributed by atoms with Crippen molar-refractivity contribution in [2.45, 2.75) is 52.7 Å². The Morgan fingerprint density at radius 2 is 1.87 bits per heavy atom. The quantitative estimate of drug-likeness (QED) is 0.428. The molecule has 1 aliphatic rings. The molecule has 2 N–H and O–H groups in total. The van der Waals surface area contributed by atoms with Crippen molar-refractivity contribution in [1.82, 2.24) is 4.90 Å². The van der Waals surface area contributed by atoms with E-state index in [1.165, 1.54) is 4.90 Å². The Labute approximate surface area is 185 Å². The molecule has 0 saturated carbocycles. The van der Waals surface area contributed by atoms with E-state index in [4.69, 9.17) is 15.2 Å². The van der Waals surface area contributed by atoms with E-state index in [1.807, 2.05) is 30.3 Å². The van der Waals surface area contributed by atoms with Gasteiger partial charge in [0.15, 0.2) is 0 Å². The number of carbonyl (C=O) groups is 3. The number of hydrogen-bond donors (Lipinski definition) is 1. The minimum absolute atomic E-state index is 0.157. The van der Waals surface area contributed by atoms with E-state index in [2.05, 4.69) is 6.92 Å². The number of amides is 2. The molecule has 31 heavy (non-hydrogen) atoms. The van der Waals surface area contributed by atoms with Gasteiger partial charge in [0.1, 0.15) is 12.0 Å². The molecule has 1 unspecified atom stereocenters. The molecule has 7 nitrogen and oxygen atoms in total. The van der Waals surface area contributed by atoms with Crippen molar-refractivity contribution in [3.63, 3.8) is 0 Å². The molecule has 4 atom stereocenters. The van der Waals surface area contributed by atoms with Gasteiger partial charge in [-0.15, -0.1) is 0 Å². The lowest BCUT2D eigenvalue weighted by atomic mass is 9.67. The van der Waals surface area contributed by atoms with E-state index in [9.17, 15) is 14.4 Å². The highest BCUT2D eigenvalue weighted by Crippen LogP contribution is 2.46. The average molecular weight is 433 g/mol. The van der Waals surface area contributed by atoms with E-state index in [0.29, 0.717) is 6.61 Å². The highest BCUT2D eigenvalue weighted by molar-refractivity contribution is 6.00. The molecule has 1 aromatic carbocycles. The number of nitrogens with zero attached hydrogens (tertiary/aromatic N) is 1. The lowest BCUT2D eigenvalue weighted by molar-refractivity contribution is -0.159. The summed E-state index contributed by atoms with van der Waals surface area (Å²) < 4.78 is 11.7. The van der Waals surface area contributed by atoms with Gasteiger partial charge in [0, 0.05) is 25.4 Å². The Morgan fingerprint density at radius 3 is 2.42 bits per heavy atom. The third kappa shape index (κ3) is 5.85. The molecule has 0 bridgehead atoms. The summed E-state index contributed by atoms with van der Waals surface area (Å²) in [7, 11) is 3.17. The van der Waals surface area contributed by atoms with Crippen LogP contribution in [-0.2, 0) is 30.5 Å². The van der Waals surface area contributed by atoms with Crippen LogP contribution in [0.2, 0.25) is 0 Å². The van der Waals surface area contributed by atoms with Gasteiger partial charge in [0.2, 0.25) is 11.8 Å². The topological polar surface area (TPSA) is 98.9 Å². The minimum Gasteiger partial charge on any atom is -0.461 e. The molecule has 0 spiro atoms. The second-order valence-electron chi connectivity index (χ2n) is 9.16. The number of cyclic esters (lactones) is 1. The van der Waals surface area contributed by atoms with Gasteiger partial charge in [-0.1, -0.05) is 63.9 Å². The van der Waals surface area contributed by atoms with Crippen LogP contribution in [0, 0.1) is 23.2 Å². The predicted octanol–water partition coefficient (Wildman–Crippen LogP) is 2.77. The average Bonchev–Trinajstić information content (AvgIpc) is 3.03. The molecule has 1 fully saturated rings. The standard InChI is InChI=1S/C24H36N2O5/c1-6-7-13-17-18(15-30-14-16-11-9-8-10-12-16)23(29)31-20(17)24(2,3)19(21(25)27)22(28)26(4)5/h8-12,17-20H,6-7,13-15H2,1-5H3,(H2,25,27)/t17-,18-,19+,20?/m1/s1. The fraction of sp³-hybridized carbons (Fsp3) is 0.625. The number of hydrogen-bond acceptors (Lipinski definition) is 5. The maximum Gasteiger partial charge on any atom is 0.312 e. The molecule has 0 radical (unpaired) electrons. The van der Waals surface area contributed by atoms with Gasteiger partial charge in [-0.05, 0) is 12.0 Å². The van der Waals surface area contributed by atoms with E-state index >= 15 is 0 Å². The molecule has 1 heterocycles. The lowest BCUT2D eigenvalue weighted by Crippen LogP contribution is -2.52. The zero-order valence-corrected chi connectivity index (χ0v) is 19.3. The molecule has 2 rings (SSSR count). The van der Waals surface area contributed by atoms with Gasteiger partial charge in [-0.25, -0.2) is 0 Å². The van der Waals surface area contributed by atoms with Crippen LogP contribution in [0.25, 0.3) is 0 Å². The first-order valence-electron chi connectivity index (χ1n) is 10.9. The summed E-state index contributed by atoms with van der Waals surface area (Å²) in [5.41, 5.74) is 5.72. The van der Waals surface area contributed by atoms with Crippen molar-refractivity contribution in [3.8, 4) is 0 Å². The van der Waals surface area contributed by atoms with E-state index in [0.717, 1.165) is 24.8 Å². The highest BCUT2D eigenvalue weighted by atomic mass is 16.6. The number of nitrogens with two attached hydrogens (primary N) is 1. The third-order valence-electron chi connectivity index (χ3n) is 6.20. The van der Waals surface area contributed by atoms with Gasteiger partial charge in [0.25, 0.3) is 0 Å². The summed E-state index contributed by atoms with van der Waals surface area (Å²) in [4.78, 5) is 39.2. The number of esters is 1. The Hall–Kier alpha value is -2.41. The maximum absolute atomic E-state index is 12.8. The second-order valence-corrected chi connectivity index (χ2v) is 9.16. The van der Waals surface area contributed by atoms with Gasteiger partial charge < -0.3 is 20.1 Å². The van der Waals surface area contributed by atoms with Gasteiger partial charge in [-0.2, -0.15) is 0 Å². The molecule has 1 aliphatic heterocycles. The molecule has 1 saturated heterocycles. The fourth-order valence-corrected chi connectivity index (χ4v) is 4.48. The van der Waals surface area contributed by atoms with Crippen LogP contribution >= 0.6 is 0 Å². The van der Waals surface area contributed by atoms with Crippen molar-refractivity contribution < 1.29 is 23.9 Å². The molecule has 1 aromatic rings. The Bertz CT molecular complexity index is 762. The fourth-order valence-electron chi connectivity index (χ4n) is 4.48. The molecular formula is C24H36N2O5. The molecule has 2 amide bonds. The first-order chi connectivity index (χ1) is 14.6.